The van der Waals surface area contributed by atoms with Gasteiger partial charge in [0.2, 0.25) is 0 Å². The number of ether oxygens (including phenoxy) is 1. The fourth-order valence-corrected chi connectivity index (χ4v) is 5.25. The van der Waals surface area contributed by atoms with Crippen molar-refractivity contribution in [2.24, 2.45) is 0 Å². The van der Waals surface area contributed by atoms with Gasteiger partial charge in [-0.15, -0.1) is 0 Å². The van der Waals surface area contributed by atoms with Gasteiger partial charge in [-0.2, -0.15) is 0 Å². The molecule has 0 saturated heterocycles. The van der Waals surface area contributed by atoms with Crippen molar-refractivity contribution in [1.82, 2.24) is 9.99 Å². The van der Waals surface area contributed by atoms with Gasteiger partial charge in [0, 0.05) is 19.3 Å². The number of carbonyl (C=O) groups excluding carboxylic acids is 1. The van der Waals surface area contributed by atoms with Crippen molar-refractivity contribution in [1.29, 1.82) is 0 Å². The van der Waals surface area contributed by atoms with E-state index >= 15 is 0 Å². The van der Waals surface area contributed by atoms with Crippen LogP contribution in [0, 0.1) is 0 Å². The largest absolute Gasteiger partial charge is 0.480 e. The predicted molar refractivity (Wildman–Crippen MR) is 90.8 cm³/mol. The lowest BCUT2D eigenvalue weighted by atomic mass is 10.2. The van der Waals surface area contributed by atoms with Gasteiger partial charge in [-0.05, 0) is 34.6 Å². The lowest BCUT2D eigenvalue weighted by molar-refractivity contribution is -0.138. The Morgan fingerprint density at radius 2 is 1.96 bits per heavy atom. The first-order valence-corrected chi connectivity index (χ1v) is 10.5. The smallest absolute Gasteiger partial charge is 0.410 e. The maximum Gasteiger partial charge on any atom is 0.410 e. The molecule has 0 spiro atoms. The molecule has 0 aliphatic rings. The second kappa shape index (κ2) is 9.52. The second-order valence-electron chi connectivity index (χ2n) is 5.84. The van der Waals surface area contributed by atoms with Crippen LogP contribution >= 0.6 is 18.1 Å². The van der Waals surface area contributed by atoms with Crippen LogP contribution in [0.1, 0.15) is 34.6 Å². The number of carboxylic acids is 1. The van der Waals surface area contributed by atoms with Crippen molar-refractivity contribution < 1.29 is 28.5 Å². The van der Waals surface area contributed by atoms with Gasteiger partial charge in [0.1, 0.15) is 11.6 Å². The van der Waals surface area contributed by atoms with Crippen molar-refractivity contribution in [3.63, 3.8) is 0 Å². The molecule has 136 valence electrons. The van der Waals surface area contributed by atoms with E-state index in [4.69, 9.17) is 14.4 Å². The number of aliphatic carboxylic acids is 1. The van der Waals surface area contributed by atoms with E-state index in [1.54, 1.807) is 34.7 Å². The summed E-state index contributed by atoms with van der Waals surface area (Å²) in [6.07, 6.45) is -0.476. The Bertz CT molecular complexity index is 454. The molecule has 0 fully saturated rings. The quantitative estimate of drug-likeness (QED) is 0.597. The van der Waals surface area contributed by atoms with Crippen molar-refractivity contribution in [3.05, 3.63) is 0 Å². The molecular formula is C13H27N2O6PS. The van der Waals surface area contributed by atoms with Crippen LogP contribution in [0.5, 0.6) is 0 Å². The van der Waals surface area contributed by atoms with Crippen molar-refractivity contribution >= 4 is 30.2 Å². The minimum atomic E-state index is -3.35. The van der Waals surface area contributed by atoms with Crippen LogP contribution in [0.25, 0.3) is 0 Å². The molecule has 10 heteroatoms. The third kappa shape index (κ3) is 9.86. The number of carbonyl (C=O) groups is 2. The lowest BCUT2D eigenvalue weighted by Crippen LogP contribution is -2.35. The number of rotatable bonds is 9. The van der Waals surface area contributed by atoms with Crippen LogP contribution in [0.15, 0.2) is 0 Å². The van der Waals surface area contributed by atoms with Crippen LogP contribution < -0.4 is 5.09 Å². The van der Waals surface area contributed by atoms with Crippen molar-refractivity contribution in [3.8, 4) is 0 Å². The van der Waals surface area contributed by atoms with Crippen LogP contribution in [-0.4, -0.2) is 59.7 Å². The highest BCUT2D eigenvalue weighted by molar-refractivity contribution is 8.56. The number of amides is 1. The van der Waals surface area contributed by atoms with Gasteiger partial charge in [0.05, 0.1) is 6.61 Å². The van der Waals surface area contributed by atoms with Gasteiger partial charge in [0.25, 0.3) is 0 Å². The van der Waals surface area contributed by atoms with Gasteiger partial charge in [0.15, 0.2) is 0 Å². The van der Waals surface area contributed by atoms with E-state index < -0.39 is 30.4 Å². The first-order valence-electron chi connectivity index (χ1n) is 7.24. The van der Waals surface area contributed by atoms with Crippen LogP contribution in [0.2, 0.25) is 0 Å². The molecule has 0 rings (SSSR count). The van der Waals surface area contributed by atoms with Gasteiger partial charge >= 0.3 is 18.8 Å². The average molecular weight is 370 g/mol. The standard InChI is InChI=1S/C13H27N2O6PS/c1-7-20-22(19,14-10(2)11(16)17)23-9-8-15(6)12(18)21-13(3,4)5/h10H,7-9H2,1-6H3,(H,14,19)(H,16,17)/t10?,22-/m1/s1. The van der Waals surface area contributed by atoms with Gasteiger partial charge in [-0.25, -0.2) is 9.88 Å². The number of carboxylic acid groups (broad SMARTS) is 1. The van der Waals surface area contributed by atoms with E-state index in [2.05, 4.69) is 5.09 Å². The Morgan fingerprint density at radius 1 is 1.39 bits per heavy atom. The van der Waals surface area contributed by atoms with E-state index in [1.807, 2.05) is 0 Å². The molecule has 2 atom stereocenters. The molecule has 0 bridgehead atoms. The summed E-state index contributed by atoms with van der Waals surface area (Å²) in [7, 11) is 1.58. The van der Waals surface area contributed by atoms with E-state index in [0.717, 1.165) is 11.4 Å². The SMILES string of the molecule is CCO[P@](=O)(NC(C)C(=O)O)SCCN(C)C(=O)OC(C)(C)C. The molecule has 0 aliphatic heterocycles. The van der Waals surface area contributed by atoms with Crippen molar-refractivity contribution in [2.75, 3.05) is 26.0 Å². The summed E-state index contributed by atoms with van der Waals surface area (Å²) < 4.78 is 22.9. The Kier molecular flexibility index (Phi) is 9.20. The zero-order chi connectivity index (χ0) is 18.3. The molecule has 8 nitrogen and oxygen atoms in total. The predicted octanol–water partition coefficient (Wildman–Crippen LogP) is 2.79. The molecule has 0 heterocycles. The summed E-state index contributed by atoms with van der Waals surface area (Å²) in [4.78, 5) is 24.0. The normalized spacial score (nSPS) is 15.6. The zero-order valence-corrected chi connectivity index (χ0v) is 16.2. The molecule has 23 heavy (non-hydrogen) atoms. The minimum Gasteiger partial charge on any atom is -0.480 e. The Hall–Kier alpha value is -0.760. The summed E-state index contributed by atoms with van der Waals surface area (Å²) in [6.45, 7) is 5.51. The summed E-state index contributed by atoms with van der Waals surface area (Å²) in [5.41, 5.74) is -0.586. The second-order valence-corrected chi connectivity index (χ2v) is 10.2. The number of hydrogen-bond acceptors (Lipinski definition) is 6. The van der Waals surface area contributed by atoms with Gasteiger partial charge in [-0.3, -0.25) is 9.36 Å². The third-order valence-electron chi connectivity index (χ3n) is 2.41. The number of hydrogen-bond donors (Lipinski definition) is 2. The number of nitrogens with one attached hydrogen (secondary N) is 1. The highest BCUT2D eigenvalue weighted by Gasteiger charge is 2.29. The maximum absolute atomic E-state index is 12.5. The molecule has 1 amide bonds. The highest BCUT2D eigenvalue weighted by atomic mass is 32.7. The minimum absolute atomic E-state index is 0.186. The molecule has 0 radical (unpaired) electrons. The molecule has 0 saturated carbocycles. The molecule has 2 N–H and O–H groups in total. The highest BCUT2D eigenvalue weighted by Crippen LogP contribution is 2.56. The van der Waals surface area contributed by atoms with Crippen LogP contribution in [-0.2, 0) is 18.6 Å². The summed E-state index contributed by atoms with van der Waals surface area (Å²) in [5, 5.41) is 11.4. The monoisotopic (exact) mass is 370 g/mol. The van der Waals surface area contributed by atoms with Crippen LogP contribution in [0.4, 0.5) is 4.79 Å². The molecule has 0 aromatic carbocycles. The number of nitrogens with zero attached hydrogens (tertiary/aromatic N) is 1. The topological polar surface area (TPSA) is 105 Å². The summed E-state index contributed by atoms with van der Waals surface area (Å²) >= 11 is 0.967. The van der Waals surface area contributed by atoms with E-state index in [1.165, 1.54) is 11.8 Å². The zero-order valence-electron chi connectivity index (χ0n) is 14.5. The Labute approximate surface area is 141 Å². The molecule has 0 aromatic rings. The molecule has 0 aromatic heterocycles. The lowest BCUT2D eigenvalue weighted by Gasteiger charge is -2.25. The average Bonchev–Trinajstić information content (AvgIpc) is 2.36. The summed E-state index contributed by atoms with van der Waals surface area (Å²) in [6, 6.07) is -0.997. The van der Waals surface area contributed by atoms with E-state index in [0.29, 0.717) is 12.3 Å². The van der Waals surface area contributed by atoms with Crippen LogP contribution in [0.3, 0.4) is 0 Å². The maximum atomic E-state index is 12.5. The molecule has 1 unspecified atom stereocenters. The Balaban J connectivity index is 4.50. The van der Waals surface area contributed by atoms with E-state index in [9.17, 15) is 14.2 Å². The fourth-order valence-electron chi connectivity index (χ4n) is 1.30. The molecule has 0 aliphatic carbocycles. The van der Waals surface area contributed by atoms with Gasteiger partial charge in [-0.1, -0.05) is 11.4 Å². The molecular weight excluding hydrogens is 343 g/mol. The third-order valence-corrected chi connectivity index (χ3v) is 6.62. The first-order chi connectivity index (χ1) is 10.4. The Morgan fingerprint density at radius 3 is 2.39 bits per heavy atom. The van der Waals surface area contributed by atoms with Crippen molar-refractivity contribution in [2.45, 2.75) is 46.3 Å². The van der Waals surface area contributed by atoms with E-state index in [-0.39, 0.29) is 6.61 Å². The first kappa shape index (κ1) is 22.2. The summed E-state index contributed by atoms with van der Waals surface area (Å²) in [5.74, 6) is -0.803. The fraction of sp³-hybridized carbons (Fsp3) is 0.846. The van der Waals surface area contributed by atoms with Gasteiger partial charge < -0.3 is 19.3 Å².